The van der Waals surface area contributed by atoms with Crippen LogP contribution in [0.4, 0.5) is 10.5 Å². The van der Waals surface area contributed by atoms with Crippen LogP contribution >= 0.6 is 0 Å². The van der Waals surface area contributed by atoms with Crippen molar-refractivity contribution in [3.63, 3.8) is 0 Å². The molecule has 7 heteroatoms. The molecule has 7 nitrogen and oxygen atoms in total. The summed E-state index contributed by atoms with van der Waals surface area (Å²) in [5.41, 5.74) is 0.696. The molecular formula is C19H21N3O4. The van der Waals surface area contributed by atoms with Crippen molar-refractivity contribution in [2.75, 3.05) is 25.5 Å². The highest BCUT2D eigenvalue weighted by Gasteiger charge is 2.30. The van der Waals surface area contributed by atoms with Crippen LogP contribution in [0.25, 0.3) is 10.8 Å². The first kappa shape index (κ1) is 17.7. The zero-order valence-corrected chi connectivity index (χ0v) is 14.6. The molecule has 0 spiro atoms. The fourth-order valence-corrected chi connectivity index (χ4v) is 3.04. The van der Waals surface area contributed by atoms with Gasteiger partial charge in [-0.2, -0.15) is 0 Å². The van der Waals surface area contributed by atoms with E-state index in [9.17, 15) is 14.4 Å². The van der Waals surface area contributed by atoms with Gasteiger partial charge in [-0.3, -0.25) is 14.6 Å². The third kappa shape index (κ3) is 3.77. The molecule has 0 radical (unpaired) electrons. The van der Waals surface area contributed by atoms with Gasteiger partial charge in [0.05, 0.1) is 19.2 Å². The summed E-state index contributed by atoms with van der Waals surface area (Å²) in [6.07, 6.45) is 0.724. The summed E-state index contributed by atoms with van der Waals surface area (Å²) in [5, 5.41) is 7.66. The number of hydrogen-bond acceptors (Lipinski definition) is 4. The number of fused-ring (bicyclic) bond motifs is 1. The number of benzene rings is 2. The predicted molar refractivity (Wildman–Crippen MR) is 97.3 cm³/mol. The molecular weight excluding hydrogens is 334 g/mol. The van der Waals surface area contributed by atoms with Gasteiger partial charge in [0.25, 0.3) is 0 Å². The van der Waals surface area contributed by atoms with Crippen LogP contribution in [-0.2, 0) is 14.3 Å². The topological polar surface area (TPSA) is 79.0 Å². The number of anilines is 1. The summed E-state index contributed by atoms with van der Waals surface area (Å²) in [7, 11) is 1.28. The van der Waals surface area contributed by atoms with E-state index in [4.69, 9.17) is 0 Å². The van der Waals surface area contributed by atoms with Gasteiger partial charge in [0.2, 0.25) is 5.91 Å². The molecule has 0 unspecified atom stereocenters. The number of hydrazine groups is 1. The maximum Gasteiger partial charge on any atom is 0.340 e. The highest BCUT2D eigenvalue weighted by atomic mass is 16.5. The van der Waals surface area contributed by atoms with Crippen LogP contribution in [0.5, 0.6) is 0 Å². The van der Waals surface area contributed by atoms with Crippen LogP contribution in [0.2, 0.25) is 0 Å². The first-order chi connectivity index (χ1) is 12.6. The van der Waals surface area contributed by atoms with Crippen molar-refractivity contribution in [3.8, 4) is 0 Å². The molecule has 26 heavy (non-hydrogen) atoms. The number of methoxy groups -OCH3 is 1. The molecule has 0 saturated carbocycles. The quantitative estimate of drug-likeness (QED) is 0.856. The molecule has 0 atom stereocenters. The Bertz CT molecular complexity index is 831. The molecule has 3 amide bonds. The monoisotopic (exact) mass is 355 g/mol. The Morgan fingerprint density at radius 3 is 2.54 bits per heavy atom. The van der Waals surface area contributed by atoms with Gasteiger partial charge in [-0.1, -0.05) is 36.4 Å². The molecule has 3 rings (SSSR count). The average molecular weight is 355 g/mol. The summed E-state index contributed by atoms with van der Waals surface area (Å²) in [6.45, 7) is 0.920. The van der Waals surface area contributed by atoms with Crippen molar-refractivity contribution in [1.82, 2.24) is 10.0 Å². The van der Waals surface area contributed by atoms with Crippen LogP contribution in [0.1, 0.15) is 19.3 Å². The van der Waals surface area contributed by atoms with Crippen molar-refractivity contribution in [1.29, 1.82) is 0 Å². The van der Waals surface area contributed by atoms with Crippen LogP contribution in [0.15, 0.2) is 42.5 Å². The minimum atomic E-state index is -0.440. The predicted octanol–water partition coefficient (Wildman–Crippen LogP) is 2.77. The van der Waals surface area contributed by atoms with E-state index in [0.29, 0.717) is 25.2 Å². The zero-order chi connectivity index (χ0) is 18.5. The fraction of sp³-hybridized carbons (Fsp3) is 0.316. The first-order valence-electron chi connectivity index (χ1n) is 8.53. The minimum absolute atomic E-state index is 0.00458. The Hall–Kier alpha value is -3.09. The number of nitrogens with one attached hydrogen (secondary N) is 1. The lowest BCUT2D eigenvalue weighted by Gasteiger charge is -2.28. The van der Waals surface area contributed by atoms with Crippen LogP contribution < -0.4 is 5.32 Å². The molecule has 1 N–H and O–H groups in total. The Labute approximate surface area is 151 Å². The molecule has 1 aliphatic rings. The number of amides is 3. The zero-order valence-electron chi connectivity index (χ0n) is 14.6. The maximum atomic E-state index is 12.7. The highest BCUT2D eigenvalue weighted by Crippen LogP contribution is 2.24. The van der Waals surface area contributed by atoms with Gasteiger partial charge in [-0.15, -0.1) is 0 Å². The molecule has 0 aromatic heterocycles. The van der Waals surface area contributed by atoms with Gasteiger partial charge >= 0.3 is 12.0 Å². The summed E-state index contributed by atoms with van der Waals surface area (Å²) >= 11 is 0. The van der Waals surface area contributed by atoms with E-state index in [1.165, 1.54) is 17.1 Å². The van der Waals surface area contributed by atoms with Gasteiger partial charge < -0.3 is 10.1 Å². The van der Waals surface area contributed by atoms with Crippen molar-refractivity contribution in [2.45, 2.75) is 19.3 Å². The largest absolute Gasteiger partial charge is 0.469 e. The van der Waals surface area contributed by atoms with Crippen molar-refractivity contribution >= 4 is 34.4 Å². The third-order valence-corrected chi connectivity index (χ3v) is 4.36. The van der Waals surface area contributed by atoms with Gasteiger partial charge in [-0.05, 0) is 17.9 Å². The van der Waals surface area contributed by atoms with E-state index in [1.807, 2.05) is 42.5 Å². The van der Waals surface area contributed by atoms with Crippen molar-refractivity contribution in [2.24, 2.45) is 0 Å². The lowest BCUT2D eigenvalue weighted by atomic mass is 10.1. The summed E-state index contributed by atoms with van der Waals surface area (Å²) in [6, 6.07) is 13.1. The van der Waals surface area contributed by atoms with E-state index in [2.05, 4.69) is 10.1 Å². The van der Waals surface area contributed by atoms with E-state index in [0.717, 1.165) is 10.8 Å². The second-order valence-corrected chi connectivity index (χ2v) is 6.03. The number of hydrogen-bond donors (Lipinski definition) is 1. The van der Waals surface area contributed by atoms with Gasteiger partial charge in [-0.25, -0.2) is 9.80 Å². The summed E-state index contributed by atoms with van der Waals surface area (Å²) < 4.78 is 4.55. The van der Waals surface area contributed by atoms with E-state index >= 15 is 0 Å². The van der Waals surface area contributed by atoms with E-state index < -0.39 is 5.97 Å². The molecule has 1 fully saturated rings. The van der Waals surface area contributed by atoms with Crippen LogP contribution in [0.3, 0.4) is 0 Å². The number of rotatable bonds is 4. The Morgan fingerprint density at radius 2 is 1.73 bits per heavy atom. The lowest BCUT2D eigenvalue weighted by molar-refractivity contribution is -0.146. The number of urea groups is 1. The van der Waals surface area contributed by atoms with Gasteiger partial charge in [0.1, 0.15) is 0 Å². The maximum absolute atomic E-state index is 12.7. The number of nitrogens with zero attached hydrogens (tertiary/aromatic N) is 2. The number of carbonyl (C=O) groups is 3. The SMILES string of the molecule is COC(=O)CCC(=O)N1CCCN1C(=O)Nc1cccc2ccccc12. The van der Waals surface area contributed by atoms with E-state index in [-0.39, 0.29) is 24.8 Å². The third-order valence-electron chi connectivity index (χ3n) is 4.36. The Balaban J connectivity index is 1.70. The van der Waals surface area contributed by atoms with Gasteiger partial charge in [0, 0.05) is 24.9 Å². The standard InChI is InChI=1S/C19H21N3O4/c1-26-18(24)11-10-17(23)21-12-5-13-22(21)19(25)20-16-9-4-7-14-6-2-3-8-15(14)16/h2-4,6-9H,5,10-13H2,1H3,(H,20,25). The lowest BCUT2D eigenvalue weighted by Crippen LogP contribution is -2.46. The van der Waals surface area contributed by atoms with Crippen molar-refractivity contribution < 1.29 is 19.1 Å². The molecule has 0 aliphatic carbocycles. The Morgan fingerprint density at radius 1 is 1.00 bits per heavy atom. The second-order valence-electron chi connectivity index (χ2n) is 6.03. The molecule has 1 aliphatic heterocycles. The summed E-state index contributed by atoms with van der Waals surface area (Å²) in [5.74, 6) is -0.703. The van der Waals surface area contributed by atoms with Crippen LogP contribution in [-0.4, -0.2) is 48.1 Å². The molecule has 136 valence electrons. The normalized spacial score (nSPS) is 13.7. The van der Waals surface area contributed by atoms with E-state index in [1.54, 1.807) is 0 Å². The second kappa shape index (κ2) is 7.86. The number of esters is 1. The molecule has 0 bridgehead atoms. The fourth-order valence-electron chi connectivity index (χ4n) is 3.04. The first-order valence-corrected chi connectivity index (χ1v) is 8.53. The van der Waals surface area contributed by atoms with Crippen molar-refractivity contribution in [3.05, 3.63) is 42.5 Å². The molecule has 1 saturated heterocycles. The highest BCUT2D eigenvalue weighted by molar-refractivity contribution is 6.02. The minimum Gasteiger partial charge on any atom is -0.469 e. The molecule has 2 aromatic carbocycles. The number of ether oxygens (including phenoxy) is 1. The number of carbonyl (C=O) groups excluding carboxylic acids is 3. The summed E-state index contributed by atoms with van der Waals surface area (Å²) in [4.78, 5) is 36.3. The Kier molecular flexibility index (Phi) is 5.36. The van der Waals surface area contributed by atoms with Gasteiger partial charge in [0.15, 0.2) is 0 Å². The molecule has 2 aromatic rings. The average Bonchev–Trinajstić information content (AvgIpc) is 3.16. The smallest absolute Gasteiger partial charge is 0.340 e. The molecule has 1 heterocycles. The van der Waals surface area contributed by atoms with Crippen LogP contribution in [0, 0.1) is 0 Å².